The van der Waals surface area contributed by atoms with Gasteiger partial charge in [-0.2, -0.15) is 5.10 Å². The minimum absolute atomic E-state index is 0.00326. The predicted octanol–water partition coefficient (Wildman–Crippen LogP) is 3.65. The van der Waals surface area contributed by atoms with Crippen molar-refractivity contribution in [1.82, 2.24) is 35.0 Å². The molecule has 168 valence electrons. The third-order valence-corrected chi connectivity index (χ3v) is 5.57. The Labute approximate surface area is 199 Å². The summed E-state index contributed by atoms with van der Waals surface area (Å²) in [6, 6.07) is 14.8. The summed E-state index contributed by atoms with van der Waals surface area (Å²) in [5.74, 6) is -0.487. The number of aryl methyl sites for hydroxylation is 1. The maximum atomic E-state index is 13.0. The van der Waals surface area contributed by atoms with Crippen molar-refractivity contribution in [2.24, 2.45) is 7.05 Å². The number of nitrogens with two attached hydrogens (primary N) is 1. The van der Waals surface area contributed by atoms with Crippen molar-refractivity contribution in [3.05, 3.63) is 83.5 Å². The molecular formula is C24H19ClN8O. The van der Waals surface area contributed by atoms with Crippen LogP contribution in [-0.2, 0) is 13.6 Å². The van der Waals surface area contributed by atoms with Gasteiger partial charge in [-0.1, -0.05) is 23.7 Å². The highest BCUT2D eigenvalue weighted by Gasteiger charge is 2.21. The van der Waals surface area contributed by atoms with Crippen molar-refractivity contribution in [2.45, 2.75) is 6.54 Å². The molecule has 0 saturated carbocycles. The van der Waals surface area contributed by atoms with E-state index in [-0.39, 0.29) is 18.1 Å². The van der Waals surface area contributed by atoms with Gasteiger partial charge in [0.05, 0.1) is 28.5 Å². The summed E-state index contributed by atoms with van der Waals surface area (Å²) in [6.07, 6.45) is 5.15. The molecule has 10 heteroatoms. The maximum Gasteiger partial charge on any atom is 0.274 e. The monoisotopic (exact) mass is 470 g/mol. The molecule has 1 aromatic carbocycles. The van der Waals surface area contributed by atoms with Crippen molar-refractivity contribution in [3.8, 4) is 22.6 Å². The minimum atomic E-state index is -0.483. The molecule has 5 rings (SSSR count). The van der Waals surface area contributed by atoms with Crippen LogP contribution in [-0.4, -0.2) is 35.6 Å². The molecule has 1 amide bonds. The molecule has 0 fully saturated rings. The Morgan fingerprint density at radius 3 is 2.68 bits per heavy atom. The van der Waals surface area contributed by atoms with Gasteiger partial charge in [0.2, 0.25) is 0 Å². The highest BCUT2D eigenvalue weighted by atomic mass is 35.5. The van der Waals surface area contributed by atoms with Crippen molar-refractivity contribution in [3.63, 3.8) is 0 Å². The molecule has 4 heterocycles. The summed E-state index contributed by atoms with van der Waals surface area (Å²) in [5.41, 5.74) is 9.89. The summed E-state index contributed by atoms with van der Waals surface area (Å²) in [4.78, 5) is 30.7. The van der Waals surface area contributed by atoms with E-state index in [1.54, 1.807) is 35.4 Å². The zero-order chi connectivity index (χ0) is 23.7. The van der Waals surface area contributed by atoms with Crippen molar-refractivity contribution >= 4 is 34.2 Å². The Morgan fingerprint density at radius 2 is 1.88 bits per heavy atom. The Balaban J connectivity index is 1.58. The van der Waals surface area contributed by atoms with Crippen LogP contribution in [0.3, 0.4) is 0 Å². The fraction of sp³-hybridized carbons (Fsp3) is 0.0833. The zero-order valence-corrected chi connectivity index (χ0v) is 18.9. The predicted molar refractivity (Wildman–Crippen MR) is 130 cm³/mol. The lowest BCUT2D eigenvalue weighted by atomic mass is 10.0. The highest BCUT2D eigenvalue weighted by molar-refractivity contribution is 6.31. The lowest BCUT2D eigenvalue weighted by Gasteiger charge is -2.12. The van der Waals surface area contributed by atoms with Crippen LogP contribution in [0.25, 0.3) is 33.5 Å². The molecular weight excluding hydrogens is 452 g/mol. The maximum absolute atomic E-state index is 13.0. The minimum Gasteiger partial charge on any atom is -0.382 e. The van der Waals surface area contributed by atoms with Crippen LogP contribution in [0.2, 0.25) is 5.02 Å². The lowest BCUT2D eigenvalue weighted by Crippen LogP contribution is -2.26. The van der Waals surface area contributed by atoms with Gasteiger partial charge in [0.15, 0.2) is 11.5 Å². The van der Waals surface area contributed by atoms with Crippen molar-refractivity contribution in [1.29, 1.82) is 0 Å². The number of pyridine rings is 2. The van der Waals surface area contributed by atoms with Crippen LogP contribution >= 0.6 is 11.6 Å². The number of nitrogens with zero attached hydrogens (tertiary/aromatic N) is 6. The van der Waals surface area contributed by atoms with Gasteiger partial charge < -0.3 is 11.1 Å². The second kappa shape index (κ2) is 8.87. The van der Waals surface area contributed by atoms with Crippen LogP contribution in [0.4, 0.5) is 5.82 Å². The second-order valence-corrected chi connectivity index (χ2v) is 7.96. The molecule has 34 heavy (non-hydrogen) atoms. The summed E-state index contributed by atoms with van der Waals surface area (Å²) in [5, 5.41) is 8.61. The second-order valence-electron chi connectivity index (χ2n) is 7.55. The third kappa shape index (κ3) is 4.16. The first kappa shape index (κ1) is 21.5. The molecule has 0 atom stereocenters. The fourth-order valence-corrected chi connectivity index (χ4v) is 3.74. The van der Waals surface area contributed by atoms with Crippen LogP contribution in [0.15, 0.2) is 67.1 Å². The van der Waals surface area contributed by atoms with Gasteiger partial charge in [0.25, 0.3) is 5.91 Å². The van der Waals surface area contributed by atoms with E-state index in [0.29, 0.717) is 27.8 Å². The van der Waals surface area contributed by atoms with Gasteiger partial charge in [-0.15, -0.1) is 0 Å². The van der Waals surface area contributed by atoms with E-state index in [0.717, 1.165) is 16.5 Å². The largest absolute Gasteiger partial charge is 0.382 e. The van der Waals surface area contributed by atoms with E-state index in [4.69, 9.17) is 17.3 Å². The number of carbonyl (C=O) groups is 1. The quantitative estimate of drug-likeness (QED) is 0.401. The Morgan fingerprint density at radius 1 is 1.06 bits per heavy atom. The van der Waals surface area contributed by atoms with Gasteiger partial charge >= 0.3 is 0 Å². The molecule has 0 unspecified atom stereocenters. The first-order chi connectivity index (χ1) is 16.5. The Bertz CT molecular complexity index is 1530. The highest BCUT2D eigenvalue weighted by Crippen LogP contribution is 2.31. The number of hydrogen-bond acceptors (Lipinski definition) is 7. The van der Waals surface area contributed by atoms with Crippen molar-refractivity contribution < 1.29 is 4.79 Å². The number of carbonyl (C=O) groups excluding carboxylic acids is 1. The third-order valence-electron chi connectivity index (χ3n) is 5.22. The van der Waals surface area contributed by atoms with Crippen LogP contribution in [0.1, 0.15) is 16.2 Å². The SMILES string of the molecule is Cn1ccc(-c2nc(N)c(C(=O)NCc3ncccc3Cl)nc2-c2ccc3ncccc3c2)n1. The standard InChI is InChI=1S/C24H19ClN8O/c1-33-11-8-18(32-33)21-20(15-6-7-17-14(12-15)4-2-9-27-17)30-22(23(26)31-21)24(34)29-13-19-16(25)5-3-10-28-19/h2-12H,13H2,1H3,(H2,26,31)(H,29,34). The van der Waals surface area contributed by atoms with Gasteiger partial charge in [0, 0.05) is 36.6 Å². The van der Waals surface area contributed by atoms with E-state index in [1.165, 1.54) is 0 Å². The van der Waals surface area contributed by atoms with Gasteiger partial charge in [-0.05, 0) is 36.4 Å². The number of fused-ring (bicyclic) bond motifs is 1. The summed E-state index contributed by atoms with van der Waals surface area (Å²) in [6.45, 7) is 0.124. The number of nitrogen functional groups attached to an aromatic ring is 1. The summed E-state index contributed by atoms with van der Waals surface area (Å²) >= 11 is 6.15. The van der Waals surface area contributed by atoms with Crippen LogP contribution in [0.5, 0.6) is 0 Å². The average Bonchev–Trinajstić information content (AvgIpc) is 3.29. The van der Waals surface area contributed by atoms with Gasteiger partial charge in [-0.25, -0.2) is 9.97 Å². The molecule has 0 aliphatic carbocycles. The van der Waals surface area contributed by atoms with E-state index < -0.39 is 5.91 Å². The van der Waals surface area contributed by atoms with E-state index in [9.17, 15) is 4.79 Å². The molecule has 0 radical (unpaired) electrons. The molecule has 5 aromatic rings. The Hall–Kier alpha value is -4.37. The van der Waals surface area contributed by atoms with E-state index >= 15 is 0 Å². The van der Waals surface area contributed by atoms with Crippen LogP contribution in [0, 0.1) is 0 Å². The average molecular weight is 471 g/mol. The van der Waals surface area contributed by atoms with E-state index in [2.05, 4.69) is 30.4 Å². The number of benzene rings is 1. The molecule has 0 spiro atoms. The number of rotatable bonds is 5. The molecule has 3 N–H and O–H groups in total. The molecule has 0 aliphatic rings. The first-order valence-corrected chi connectivity index (χ1v) is 10.8. The molecule has 0 bridgehead atoms. The topological polar surface area (TPSA) is 124 Å². The summed E-state index contributed by atoms with van der Waals surface area (Å²) < 4.78 is 1.67. The Kier molecular flexibility index (Phi) is 5.60. The number of nitrogens with one attached hydrogen (secondary N) is 1. The number of halogens is 1. The van der Waals surface area contributed by atoms with Crippen LogP contribution < -0.4 is 11.1 Å². The lowest BCUT2D eigenvalue weighted by molar-refractivity contribution is 0.0946. The molecule has 4 aromatic heterocycles. The fourth-order valence-electron chi connectivity index (χ4n) is 3.56. The number of amides is 1. The van der Waals surface area contributed by atoms with Gasteiger partial charge in [0.1, 0.15) is 11.4 Å². The first-order valence-electron chi connectivity index (χ1n) is 10.4. The van der Waals surface area contributed by atoms with E-state index in [1.807, 2.05) is 43.4 Å². The number of aromatic nitrogens is 6. The molecule has 0 saturated heterocycles. The smallest absolute Gasteiger partial charge is 0.274 e. The van der Waals surface area contributed by atoms with Gasteiger partial charge in [-0.3, -0.25) is 19.4 Å². The zero-order valence-electron chi connectivity index (χ0n) is 18.1. The summed E-state index contributed by atoms with van der Waals surface area (Å²) in [7, 11) is 1.81. The molecule has 9 nitrogen and oxygen atoms in total. The van der Waals surface area contributed by atoms with Crippen molar-refractivity contribution in [2.75, 3.05) is 5.73 Å². The normalized spacial score (nSPS) is 11.0. The molecule has 0 aliphatic heterocycles. The number of hydrogen-bond donors (Lipinski definition) is 2. The number of anilines is 1.